The predicted molar refractivity (Wildman–Crippen MR) is 93.0 cm³/mol. The minimum atomic E-state index is 0.134. The molecule has 0 spiro atoms. The van der Waals surface area contributed by atoms with Crippen molar-refractivity contribution in [1.82, 2.24) is 15.3 Å². The highest BCUT2D eigenvalue weighted by Crippen LogP contribution is 2.27. The Bertz CT molecular complexity index is 604. The molecule has 0 radical (unpaired) electrons. The fraction of sp³-hybridized carbons (Fsp3) is 0.333. The molecule has 0 bridgehead atoms. The fourth-order valence-corrected chi connectivity index (χ4v) is 3.39. The maximum Gasteiger partial charge on any atom is 0.123 e. The number of nitrogens with zero attached hydrogens (tertiary/aromatic N) is 2. The highest BCUT2D eigenvalue weighted by molar-refractivity contribution is 9.11. The molecule has 0 fully saturated rings. The largest absolute Gasteiger partial charge is 0.384 e. The van der Waals surface area contributed by atoms with Crippen LogP contribution < -0.4 is 11.1 Å². The molecule has 112 valence electrons. The van der Waals surface area contributed by atoms with Gasteiger partial charge in [0, 0.05) is 21.3 Å². The fourth-order valence-electron chi connectivity index (χ4n) is 2.12. The van der Waals surface area contributed by atoms with E-state index in [2.05, 4.69) is 54.1 Å². The van der Waals surface area contributed by atoms with Crippen molar-refractivity contribution in [2.75, 3.05) is 12.3 Å². The summed E-state index contributed by atoms with van der Waals surface area (Å²) in [6.45, 7) is 3.09. The van der Waals surface area contributed by atoms with E-state index in [1.54, 1.807) is 6.20 Å². The molecule has 0 amide bonds. The van der Waals surface area contributed by atoms with Crippen LogP contribution in [0, 0.1) is 0 Å². The zero-order chi connectivity index (χ0) is 15.2. The van der Waals surface area contributed by atoms with E-state index >= 15 is 0 Å². The van der Waals surface area contributed by atoms with Gasteiger partial charge in [0.25, 0.3) is 0 Å². The van der Waals surface area contributed by atoms with Crippen molar-refractivity contribution >= 4 is 37.7 Å². The number of nitrogens with two attached hydrogens (primary N) is 1. The third-order valence-corrected chi connectivity index (χ3v) is 4.16. The summed E-state index contributed by atoms with van der Waals surface area (Å²) in [4.78, 5) is 8.58. The number of halogens is 2. The van der Waals surface area contributed by atoms with Gasteiger partial charge in [0.05, 0.1) is 11.7 Å². The third kappa shape index (κ3) is 4.76. The highest BCUT2D eigenvalue weighted by atomic mass is 79.9. The molecule has 4 nitrogen and oxygen atoms in total. The van der Waals surface area contributed by atoms with E-state index in [4.69, 9.17) is 5.73 Å². The van der Waals surface area contributed by atoms with Crippen LogP contribution in [0.5, 0.6) is 0 Å². The van der Waals surface area contributed by atoms with Crippen molar-refractivity contribution in [1.29, 1.82) is 0 Å². The minimum Gasteiger partial charge on any atom is -0.384 e. The number of aromatic nitrogens is 2. The van der Waals surface area contributed by atoms with Gasteiger partial charge in [-0.05, 0) is 75.0 Å². The van der Waals surface area contributed by atoms with E-state index in [9.17, 15) is 0 Å². The molecule has 21 heavy (non-hydrogen) atoms. The van der Waals surface area contributed by atoms with Gasteiger partial charge in [0.1, 0.15) is 5.82 Å². The number of pyridine rings is 2. The number of nitrogen functional groups attached to an aromatic ring is 1. The maximum absolute atomic E-state index is 5.76. The third-order valence-electron chi connectivity index (χ3n) is 3.09. The van der Waals surface area contributed by atoms with Crippen LogP contribution in [0.3, 0.4) is 0 Å². The van der Waals surface area contributed by atoms with E-state index in [0.717, 1.165) is 39.6 Å². The number of hydrogen-bond donors (Lipinski definition) is 2. The Morgan fingerprint density at radius 3 is 2.76 bits per heavy atom. The Balaban J connectivity index is 2.25. The molecule has 2 heterocycles. The van der Waals surface area contributed by atoms with Gasteiger partial charge in [-0.2, -0.15) is 0 Å². The van der Waals surface area contributed by atoms with Crippen LogP contribution in [-0.4, -0.2) is 16.5 Å². The van der Waals surface area contributed by atoms with Gasteiger partial charge in [0.2, 0.25) is 0 Å². The molecular formula is C15H18Br2N4. The number of anilines is 1. The first-order chi connectivity index (χ1) is 10.1. The van der Waals surface area contributed by atoms with Crippen LogP contribution in [-0.2, 0) is 6.42 Å². The average Bonchev–Trinajstić information content (AvgIpc) is 2.44. The molecule has 3 N–H and O–H groups in total. The van der Waals surface area contributed by atoms with Gasteiger partial charge < -0.3 is 11.1 Å². The van der Waals surface area contributed by atoms with Gasteiger partial charge in [-0.1, -0.05) is 6.92 Å². The van der Waals surface area contributed by atoms with Gasteiger partial charge in [-0.3, -0.25) is 4.98 Å². The van der Waals surface area contributed by atoms with Gasteiger partial charge in [-0.15, -0.1) is 0 Å². The van der Waals surface area contributed by atoms with E-state index in [0.29, 0.717) is 5.82 Å². The van der Waals surface area contributed by atoms with Crippen LogP contribution >= 0.6 is 31.9 Å². The lowest BCUT2D eigenvalue weighted by molar-refractivity contribution is 0.515. The molecular weight excluding hydrogens is 396 g/mol. The van der Waals surface area contributed by atoms with Crippen molar-refractivity contribution in [3.8, 4) is 0 Å². The smallest absolute Gasteiger partial charge is 0.123 e. The first-order valence-corrected chi connectivity index (χ1v) is 8.43. The monoisotopic (exact) mass is 412 g/mol. The van der Waals surface area contributed by atoms with Crippen LogP contribution in [0.2, 0.25) is 0 Å². The minimum absolute atomic E-state index is 0.134. The van der Waals surface area contributed by atoms with Gasteiger partial charge in [0.15, 0.2) is 0 Å². The lowest BCUT2D eigenvalue weighted by atomic mass is 10.0. The summed E-state index contributed by atoms with van der Waals surface area (Å²) in [6, 6.07) is 6.05. The summed E-state index contributed by atoms with van der Waals surface area (Å²) < 4.78 is 1.95. The summed E-state index contributed by atoms with van der Waals surface area (Å²) in [5.74, 6) is 0.546. The van der Waals surface area contributed by atoms with Gasteiger partial charge in [-0.25, -0.2) is 4.98 Å². The molecule has 6 heteroatoms. The zero-order valence-electron chi connectivity index (χ0n) is 11.8. The van der Waals surface area contributed by atoms with Crippen LogP contribution in [0.25, 0.3) is 0 Å². The summed E-state index contributed by atoms with van der Waals surface area (Å²) in [5, 5.41) is 3.54. The summed E-state index contributed by atoms with van der Waals surface area (Å²) in [6.07, 6.45) is 5.45. The van der Waals surface area contributed by atoms with Crippen molar-refractivity contribution < 1.29 is 0 Å². The Labute approximate surface area is 141 Å². The Morgan fingerprint density at radius 1 is 1.29 bits per heavy atom. The molecule has 2 rings (SSSR count). The second-order valence-corrected chi connectivity index (χ2v) is 6.59. The Kier molecular flexibility index (Phi) is 6.14. The molecule has 0 aliphatic carbocycles. The van der Waals surface area contributed by atoms with Crippen molar-refractivity contribution in [3.05, 3.63) is 50.8 Å². The van der Waals surface area contributed by atoms with Crippen molar-refractivity contribution in [2.24, 2.45) is 0 Å². The first-order valence-electron chi connectivity index (χ1n) is 6.85. The lowest BCUT2D eigenvalue weighted by Crippen LogP contribution is -2.25. The summed E-state index contributed by atoms with van der Waals surface area (Å²) in [7, 11) is 0. The second-order valence-electron chi connectivity index (χ2n) is 4.82. The predicted octanol–water partition coefficient (Wildman–Crippen LogP) is 3.87. The maximum atomic E-state index is 5.76. The zero-order valence-corrected chi connectivity index (χ0v) is 15.0. The van der Waals surface area contributed by atoms with Gasteiger partial charge >= 0.3 is 0 Å². The van der Waals surface area contributed by atoms with Crippen LogP contribution in [0.15, 0.2) is 39.5 Å². The quantitative estimate of drug-likeness (QED) is 0.754. The van der Waals surface area contributed by atoms with E-state index in [1.165, 1.54) is 0 Å². The average molecular weight is 414 g/mol. The molecule has 0 saturated carbocycles. The van der Waals surface area contributed by atoms with Crippen LogP contribution in [0.4, 0.5) is 5.82 Å². The van der Waals surface area contributed by atoms with E-state index in [-0.39, 0.29) is 6.04 Å². The topological polar surface area (TPSA) is 63.8 Å². The molecule has 0 aliphatic rings. The number of hydrogen-bond acceptors (Lipinski definition) is 4. The molecule has 0 aromatic carbocycles. The van der Waals surface area contributed by atoms with E-state index < -0.39 is 0 Å². The number of rotatable bonds is 6. The lowest BCUT2D eigenvalue weighted by Gasteiger charge is -2.19. The van der Waals surface area contributed by atoms with Crippen molar-refractivity contribution in [3.63, 3.8) is 0 Å². The Hall–Kier alpha value is -0.980. The first kappa shape index (κ1) is 16.4. The van der Waals surface area contributed by atoms with Crippen LogP contribution in [0.1, 0.15) is 30.6 Å². The Morgan fingerprint density at radius 2 is 2.10 bits per heavy atom. The molecule has 0 aliphatic heterocycles. The molecule has 1 atom stereocenters. The standard InChI is InChI=1S/C15H18Br2N4/c1-2-4-19-13(6-10-3-5-20-14(18)7-10)15-12(17)8-11(16)9-21-15/h3,5,7-9,13,19H,2,4,6H2,1H3,(H2,18,20). The van der Waals surface area contributed by atoms with Crippen molar-refractivity contribution in [2.45, 2.75) is 25.8 Å². The normalized spacial score (nSPS) is 12.3. The van der Waals surface area contributed by atoms with E-state index in [1.807, 2.05) is 24.4 Å². The summed E-state index contributed by atoms with van der Waals surface area (Å²) in [5.41, 5.74) is 7.91. The molecule has 0 saturated heterocycles. The molecule has 2 aromatic rings. The molecule has 1 unspecified atom stereocenters. The highest BCUT2D eigenvalue weighted by Gasteiger charge is 2.16. The second kappa shape index (κ2) is 7.87. The SMILES string of the molecule is CCCNC(Cc1ccnc(N)c1)c1ncc(Br)cc1Br. The summed E-state index contributed by atoms with van der Waals surface area (Å²) >= 11 is 7.03. The molecule has 2 aromatic heterocycles. The number of nitrogens with one attached hydrogen (secondary N) is 1.